The molecule has 13 heavy (non-hydrogen) atoms. The van der Waals surface area contributed by atoms with Gasteiger partial charge in [0.1, 0.15) is 0 Å². The molecule has 0 aliphatic carbocycles. The number of aromatic nitrogens is 4. The summed E-state index contributed by atoms with van der Waals surface area (Å²) in [6, 6.07) is 3.58. The lowest BCUT2D eigenvalue weighted by atomic mass is 10.5. The molecular weight excluding hydrogens is 234 g/mol. The molecular formula is C7H6BrN5. The molecule has 2 aromatic heterocycles. The molecule has 0 aliphatic heterocycles. The SMILES string of the molecule is Nc1nn(-c2cccnn2)cc1Br. The summed E-state index contributed by atoms with van der Waals surface area (Å²) >= 11 is 3.26. The van der Waals surface area contributed by atoms with Crippen LogP contribution < -0.4 is 5.73 Å². The van der Waals surface area contributed by atoms with Crippen LogP contribution in [0.2, 0.25) is 0 Å². The number of rotatable bonds is 1. The first-order valence-corrected chi connectivity index (χ1v) is 4.35. The zero-order chi connectivity index (χ0) is 9.26. The number of hydrogen-bond donors (Lipinski definition) is 1. The smallest absolute Gasteiger partial charge is 0.175 e. The summed E-state index contributed by atoms with van der Waals surface area (Å²) < 4.78 is 2.31. The fraction of sp³-hybridized carbons (Fsp3) is 0. The van der Waals surface area contributed by atoms with Gasteiger partial charge in [0.25, 0.3) is 0 Å². The van der Waals surface area contributed by atoms with Gasteiger partial charge in [-0.2, -0.15) is 5.10 Å². The maximum atomic E-state index is 5.55. The van der Waals surface area contributed by atoms with Crippen molar-refractivity contribution in [3.05, 3.63) is 29.0 Å². The minimum Gasteiger partial charge on any atom is -0.381 e. The van der Waals surface area contributed by atoms with Crippen molar-refractivity contribution in [3.8, 4) is 5.82 Å². The lowest BCUT2D eigenvalue weighted by Gasteiger charge is -1.95. The van der Waals surface area contributed by atoms with Gasteiger partial charge >= 0.3 is 0 Å². The third-order valence-corrected chi connectivity index (χ3v) is 2.10. The third-order valence-electron chi connectivity index (χ3n) is 1.49. The van der Waals surface area contributed by atoms with Gasteiger partial charge < -0.3 is 5.73 Å². The predicted octanol–water partition coefficient (Wildman–Crippen LogP) is 1.01. The van der Waals surface area contributed by atoms with E-state index in [1.807, 2.05) is 0 Å². The van der Waals surface area contributed by atoms with E-state index in [0.29, 0.717) is 11.6 Å². The van der Waals surface area contributed by atoms with Crippen LogP contribution in [0.15, 0.2) is 29.0 Å². The van der Waals surface area contributed by atoms with Crippen molar-refractivity contribution in [3.63, 3.8) is 0 Å². The molecule has 0 radical (unpaired) electrons. The van der Waals surface area contributed by atoms with Crippen LogP contribution in [0.25, 0.3) is 5.82 Å². The zero-order valence-corrected chi connectivity index (χ0v) is 8.14. The van der Waals surface area contributed by atoms with E-state index in [-0.39, 0.29) is 0 Å². The quantitative estimate of drug-likeness (QED) is 0.807. The maximum Gasteiger partial charge on any atom is 0.175 e. The van der Waals surface area contributed by atoms with Gasteiger partial charge in [-0.05, 0) is 28.1 Å². The van der Waals surface area contributed by atoms with E-state index in [1.54, 1.807) is 29.2 Å². The summed E-state index contributed by atoms with van der Waals surface area (Å²) in [5, 5.41) is 11.6. The summed E-state index contributed by atoms with van der Waals surface area (Å²) in [6.07, 6.45) is 3.34. The van der Waals surface area contributed by atoms with Gasteiger partial charge in [0.15, 0.2) is 11.6 Å². The van der Waals surface area contributed by atoms with E-state index < -0.39 is 0 Å². The summed E-state index contributed by atoms with van der Waals surface area (Å²) in [5.41, 5.74) is 5.55. The van der Waals surface area contributed by atoms with E-state index >= 15 is 0 Å². The van der Waals surface area contributed by atoms with Crippen molar-refractivity contribution in [1.29, 1.82) is 0 Å². The number of nitrogens with zero attached hydrogens (tertiary/aromatic N) is 4. The number of halogens is 1. The lowest BCUT2D eigenvalue weighted by molar-refractivity contribution is 0.817. The minimum absolute atomic E-state index is 0.436. The molecule has 0 aliphatic rings. The highest BCUT2D eigenvalue weighted by molar-refractivity contribution is 9.10. The van der Waals surface area contributed by atoms with Crippen LogP contribution in [0.3, 0.4) is 0 Å². The molecule has 2 N–H and O–H groups in total. The van der Waals surface area contributed by atoms with Crippen LogP contribution in [-0.2, 0) is 0 Å². The topological polar surface area (TPSA) is 69.6 Å². The van der Waals surface area contributed by atoms with E-state index in [1.165, 1.54) is 0 Å². The van der Waals surface area contributed by atoms with E-state index in [4.69, 9.17) is 5.73 Å². The van der Waals surface area contributed by atoms with Gasteiger partial charge in [0.05, 0.1) is 4.47 Å². The second-order valence-corrected chi connectivity index (χ2v) is 3.24. The molecule has 2 rings (SSSR count). The third kappa shape index (κ3) is 1.52. The number of nitrogen functional groups attached to an aromatic ring is 1. The first-order valence-electron chi connectivity index (χ1n) is 3.56. The van der Waals surface area contributed by atoms with Gasteiger partial charge in [0, 0.05) is 12.4 Å². The average molecular weight is 240 g/mol. The highest BCUT2D eigenvalue weighted by atomic mass is 79.9. The molecule has 2 aromatic rings. The summed E-state index contributed by atoms with van der Waals surface area (Å²) in [5.74, 6) is 1.07. The highest BCUT2D eigenvalue weighted by Crippen LogP contribution is 2.17. The summed E-state index contributed by atoms with van der Waals surface area (Å²) in [6.45, 7) is 0. The van der Waals surface area contributed by atoms with Gasteiger partial charge in [-0.3, -0.25) is 0 Å². The maximum absolute atomic E-state index is 5.55. The van der Waals surface area contributed by atoms with Crippen LogP contribution in [0, 0.1) is 0 Å². The molecule has 2 heterocycles. The fourth-order valence-electron chi connectivity index (χ4n) is 0.899. The molecule has 0 unspecified atom stereocenters. The zero-order valence-electron chi connectivity index (χ0n) is 6.55. The Kier molecular flexibility index (Phi) is 1.97. The van der Waals surface area contributed by atoms with Crippen molar-refractivity contribution >= 4 is 21.7 Å². The Labute approximate surface area is 82.7 Å². The first-order chi connectivity index (χ1) is 6.27. The van der Waals surface area contributed by atoms with Crippen LogP contribution in [0.5, 0.6) is 0 Å². The molecule has 0 saturated heterocycles. The second-order valence-electron chi connectivity index (χ2n) is 2.39. The van der Waals surface area contributed by atoms with Crippen molar-refractivity contribution in [2.75, 3.05) is 5.73 Å². The molecule has 66 valence electrons. The molecule has 0 amide bonds. The van der Waals surface area contributed by atoms with Crippen LogP contribution in [-0.4, -0.2) is 20.0 Å². The molecule has 0 bridgehead atoms. The molecule has 0 fully saturated rings. The normalized spacial score (nSPS) is 10.2. The molecule has 0 atom stereocenters. The minimum atomic E-state index is 0.436. The van der Waals surface area contributed by atoms with Crippen molar-refractivity contribution in [1.82, 2.24) is 20.0 Å². The van der Waals surface area contributed by atoms with E-state index in [0.717, 1.165) is 4.47 Å². The molecule has 0 saturated carbocycles. The summed E-state index contributed by atoms with van der Waals surface area (Å²) in [7, 11) is 0. The Balaban J connectivity index is 2.48. The van der Waals surface area contributed by atoms with Gasteiger partial charge in [-0.25, -0.2) is 4.68 Å². The molecule has 5 nitrogen and oxygen atoms in total. The highest BCUT2D eigenvalue weighted by Gasteiger charge is 2.04. The van der Waals surface area contributed by atoms with Crippen LogP contribution in [0.1, 0.15) is 0 Å². The predicted molar refractivity (Wildman–Crippen MR) is 51.3 cm³/mol. The lowest BCUT2D eigenvalue weighted by Crippen LogP contribution is -1.99. The molecule has 6 heteroatoms. The van der Waals surface area contributed by atoms with Gasteiger partial charge in [-0.1, -0.05) is 0 Å². The Morgan fingerprint density at radius 2 is 2.31 bits per heavy atom. The Morgan fingerprint density at radius 3 is 2.85 bits per heavy atom. The van der Waals surface area contributed by atoms with E-state index in [9.17, 15) is 0 Å². The van der Waals surface area contributed by atoms with Crippen molar-refractivity contribution in [2.24, 2.45) is 0 Å². The molecule has 0 spiro atoms. The molecule has 0 aromatic carbocycles. The van der Waals surface area contributed by atoms with Crippen LogP contribution >= 0.6 is 15.9 Å². The standard InChI is InChI=1S/C7H6BrN5/c8-5-4-13(12-7(5)9)6-2-1-3-10-11-6/h1-4H,(H2,9,12). The van der Waals surface area contributed by atoms with Gasteiger partial charge in [0.2, 0.25) is 0 Å². The number of nitrogens with two attached hydrogens (primary N) is 1. The van der Waals surface area contributed by atoms with Crippen LogP contribution in [0.4, 0.5) is 5.82 Å². The van der Waals surface area contributed by atoms with Gasteiger partial charge in [-0.15, -0.1) is 10.2 Å². The monoisotopic (exact) mass is 239 g/mol. The largest absolute Gasteiger partial charge is 0.381 e. The Morgan fingerprint density at radius 1 is 1.46 bits per heavy atom. The average Bonchev–Trinajstić information content (AvgIpc) is 2.49. The Bertz CT molecular complexity index is 391. The first kappa shape index (κ1) is 8.18. The number of hydrogen-bond acceptors (Lipinski definition) is 4. The van der Waals surface area contributed by atoms with E-state index in [2.05, 4.69) is 31.2 Å². The second kappa shape index (κ2) is 3.14. The van der Waals surface area contributed by atoms with Crippen molar-refractivity contribution in [2.45, 2.75) is 0 Å². The fourth-order valence-corrected chi connectivity index (χ4v) is 1.17. The van der Waals surface area contributed by atoms with Crippen molar-refractivity contribution < 1.29 is 0 Å². The Hall–Kier alpha value is -1.43. The number of anilines is 1. The summed E-state index contributed by atoms with van der Waals surface area (Å²) in [4.78, 5) is 0.